The minimum Gasteiger partial charge on any atom is -0.316 e. The number of benzene rings is 1. The minimum absolute atomic E-state index is 0.331. The van der Waals surface area contributed by atoms with E-state index in [0.29, 0.717) is 15.5 Å². The molecule has 2 fully saturated rings. The van der Waals surface area contributed by atoms with Crippen molar-refractivity contribution in [2.45, 2.75) is 5.41 Å². The highest BCUT2D eigenvalue weighted by Crippen LogP contribution is 2.63. The fraction of sp³-hybridized carbons (Fsp3) is 0.538. The van der Waals surface area contributed by atoms with Gasteiger partial charge in [0.2, 0.25) is 0 Å². The first-order valence-electron chi connectivity index (χ1n) is 5.85. The molecule has 0 spiro atoms. The molecule has 1 nitrogen and oxygen atoms in total. The van der Waals surface area contributed by atoms with Crippen LogP contribution in [0.1, 0.15) is 5.56 Å². The third-order valence-electron chi connectivity index (χ3n) is 4.28. The Labute approximate surface area is 116 Å². The molecule has 1 heterocycles. The van der Waals surface area contributed by atoms with E-state index in [1.54, 1.807) is 0 Å². The van der Waals surface area contributed by atoms with Gasteiger partial charge >= 0.3 is 0 Å². The molecule has 1 aliphatic heterocycles. The van der Waals surface area contributed by atoms with E-state index in [4.69, 9.17) is 23.2 Å². The van der Waals surface area contributed by atoms with E-state index in [1.165, 1.54) is 11.3 Å². The Morgan fingerprint density at radius 3 is 2.94 bits per heavy atom. The maximum atomic E-state index is 6.14. The van der Waals surface area contributed by atoms with E-state index in [1.807, 2.05) is 17.8 Å². The van der Waals surface area contributed by atoms with E-state index in [0.717, 1.165) is 24.9 Å². The van der Waals surface area contributed by atoms with Crippen molar-refractivity contribution in [3.05, 3.63) is 33.8 Å². The van der Waals surface area contributed by atoms with E-state index >= 15 is 0 Å². The molecule has 1 aliphatic carbocycles. The fourth-order valence-electron chi connectivity index (χ4n) is 3.39. The van der Waals surface area contributed by atoms with E-state index in [2.05, 4.69) is 23.7 Å². The summed E-state index contributed by atoms with van der Waals surface area (Å²) in [4.78, 5) is 0. The van der Waals surface area contributed by atoms with Crippen LogP contribution in [-0.2, 0) is 5.41 Å². The normalized spacial score (nSPS) is 34.8. The molecule has 17 heavy (non-hydrogen) atoms. The summed E-state index contributed by atoms with van der Waals surface area (Å²) in [5, 5.41) is 4.83. The number of hydrogen-bond acceptors (Lipinski definition) is 2. The molecule has 0 amide bonds. The lowest BCUT2D eigenvalue weighted by Gasteiger charge is -2.16. The lowest BCUT2D eigenvalue weighted by molar-refractivity contribution is 0.596. The standard InChI is InChI=1S/C13H15Cl2NS/c1-17-6-10-9-5-16-7-13(9,10)8-2-3-11(14)12(15)4-8/h2-4,9-10,16H,5-7H2,1H3/t9-,10-,13+/m1/s1. The zero-order valence-electron chi connectivity index (χ0n) is 9.67. The summed E-state index contributed by atoms with van der Waals surface area (Å²) >= 11 is 14.1. The van der Waals surface area contributed by atoms with Crippen LogP contribution >= 0.6 is 35.0 Å². The average molecular weight is 288 g/mol. The van der Waals surface area contributed by atoms with Crippen molar-refractivity contribution in [2.24, 2.45) is 11.8 Å². The van der Waals surface area contributed by atoms with E-state index in [9.17, 15) is 0 Å². The van der Waals surface area contributed by atoms with Gasteiger partial charge in [-0.25, -0.2) is 0 Å². The summed E-state index contributed by atoms with van der Waals surface area (Å²) in [7, 11) is 0. The molecule has 1 saturated heterocycles. The summed E-state index contributed by atoms with van der Waals surface area (Å²) in [5.74, 6) is 2.83. The smallest absolute Gasteiger partial charge is 0.0595 e. The topological polar surface area (TPSA) is 12.0 Å². The first-order chi connectivity index (χ1) is 8.20. The summed E-state index contributed by atoms with van der Waals surface area (Å²) in [6.07, 6.45) is 2.18. The number of thioether (sulfide) groups is 1. The van der Waals surface area contributed by atoms with Crippen LogP contribution in [0.4, 0.5) is 0 Å². The fourth-order valence-corrected chi connectivity index (χ4v) is 4.57. The molecule has 2 aliphatic rings. The molecular weight excluding hydrogens is 273 g/mol. The molecule has 1 N–H and O–H groups in total. The number of rotatable bonds is 3. The summed E-state index contributed by atoms with van der Waals surface area (Å²) < 4.78 is 0. The lowest BCUT2D eigenvalue weighted by atomic mass is 9.93. The second-order valence-corrected chi connectivity index (χ2v) is 6.69. The predicted molar refractivity (Wildman–Crippen MR) is 76.4 cm³/mol. The third kappa shape index (κ3) is 1.73. The molecule has 1 aromatic carbocycles. The Morgan fingerprint density at radius 2 is 2.24 bits per heavy atom. The molecule has 3 atom stereocenters. The van der Waals surface area contributed by atoms with E-state index < -0.39 is 0 Å². The molecular formula is C13H15Cl2NS. The van der Waals surface area contributed by atoms with Crippen LogP contribution in [0, 0.1) is 11.8 Å². The van der Waals surface area contributed by atoms with Crippen molar-refractivity contribution < 1.29 is 0 Å². The van der Waals surface area contributed by atoms with Crippen LogP contribution < -0.4 is 5.32 Å². The van der Waals surface area contributed by atoms with Crippen LogP contribution in [0.15, 0.2) is 18.2 Å². The van der Waals surface area contributed by atoms with Crippen molar-refractivity contribution in [3.8, 4) is 0 Å². The molecule has 1 saturated carbocycles. The molecule has 92 valence electrons. The number of nitrogens with one attached hydrogen (secondary N) is 1. The first-order valence-corrected chi connectivity index (χ1v) is 8.00. The van der Waals surface area contributed by atoms with Crippen LogP contribution in [-0.4, -0.2) is 25.1 Å². The second kappa shape index (κ2) is 4.34. The van der Waals surface area contributed by atoms with Crippen molar-refractivity contribution in [3.63, 3.8) is 0 Å². The molecule has 4 heteroatoms. The molecule has 1 aromatic rings. The largest absolute Gasteiger partial charge is 0.316 e. The highest BCUT2D eigenvalue weighted by Gasteiger charge is 2.66. The molecule has 0 radical (unpaired) electrons. The molecule has 0 unspecified atom stereocenters. The minimum atomic E-state index is 0.331. The zero-order valence-corrected chi connectivity index (χ0v) is 12.0. The maximum Gasteiger partial charge on any atom is 0.0595 e. The van der Waals surface area contributed by atoms with Gasteiger partial charge in [-0.2, -0.15) is 11.8 Å². The Kier molecular flexibility index (Phi) is 3.10. The monoisotopic (exact) mass is 287 g/mol. The number of piperidine rings is 1. The highest BCUT2D eigenvalue weighted by atomic mass is 35.5. The Morgan fingerprint density at radius 1 is 1.41 bits per heavy atom. The quantitative estimate of drug-likeness (QED) is 0.914. The lowest BCUT2D eigenvalue weighted by Crippen LogP contribution is -2.24. The second-order valence-electron chi connectivity index (χ2n) is 4.97. The Balaban J connectivity index is 1.94. The Hall–Kier alpha value is 0.110. The van der Waals surface area contributed by atoms with Crippen molar-refractivity contribution in [2.75, 3.05) is 25.1 Å². The summed E-state index contributed by atoms with van der Waals surface area (Å²) in [6.45, 7) is 2.23. The number of fused-ring (bicyclic) bond motifs is 1. The summed E-state index contributed by atoms with van der Waals surface area (Å²) in [5.41, 5.74) is 1.69. The van der Waals surface area contributed by atoms with Gasteiger partial charge < -0.3 is 5.32 Å². The van der Waals surface area contributed by atoms with E-state index in [-0.39, 0.29) is 0 Å². The average Bonchev–Trinajstić information content (AvgIpc) is 2.72. The zero-order chi connectivity index (χ0) is 12.0. The van der Waals surface area contributed by atoms with Gasteiger partial charge in [-0.05, 0) is 48.1 Å². The van der Waals surface area contributed by atoms with Gasteiger partial charge in [0, 0.05) is 12.0 Å². The third-order valence-corrected chi connectivity index (χ3v) is 5.72. The van der Waals surface area contributed by atoms with Gasteiger partial charge in [-0.3, -0.25) is 0 Å². The van der Waals surface area contributed by atoms with Gasteiger partial charge in [0.05, 0.1) is 10.0 Å². The molecule has 0 aromatic heterocycles. The first kappa shape index (κ1) is 12.2. The van der Waals surface area contributed by atoms with Gasteiger partial charge in [0.15, 0.2) is 0 Å². The number of halogens is 2. The Bertz CT molecular complexity index is 451. The van der Waals surface area contributed by atoms with Gasteiger partial charge in [-0.1, -0.05) is 29.3 Å². The van der Waals surface area contributed by atoms with Crippen LogP contribution in [0.5, 0.6) is 0 Å². The SMILES string of the molecule is CSC[C@@H]1[C@H]2CNC[C@]21c1ccc(Cl)c(Cl)c1. The van der Waals surface area contributed by atoms with Gasteiger partial charge in [0.25, 0.3) is 0 Å². The van der Waals surface area contributed by atoms with Gasteiger partial charge in [-0.15, -0.1) is 0 Å². The highest BCUT2D eigenvalue weighted by molar-refractivity contribution is 7.98. The predicted octanol–water partition coefficient (Wildman–Crippen LogP) is 3.44. The maximum absolute atomic E-state index is 6.14. The van der Waals surface area contributed by atoms with Gasteiger partial charge in [0.1, 0.15) is 0 Å². The van der Waals surface area contributed by atoms with Crippen LogP contribution in [0.25, 0.3) is 0 Å². The van der Waals surface area contributed by atoms with Crippen LogP contribution in [0.2, 0.25) is 10.0 Å². The van der Waals surface area contributed by atoms with Crippen molar-refractivity contribution in [1.82, 2.24) is 5.32 Å². The van der Waals surface area contributed by atoms with Crippen molar-refractivity contribution >= 4 is 35.0 Å². The number of hydrogen-bond donors (Lipinski definition) is 1. The summed E-state index contributed by atoms with van der Waals surface area (Å²) in [6, 6.07) is 6.14. The molecule has 3 rings (SSSR count). The van der Waals surface area contributed by atoms with Crippen molar-refractivity contribution in [1.29, 1.82) is 0 Å². The molecule has 0 bridgehead atoms. The van der Waals surface area contributed by atoms with Crippen LogP contribution in [0.3, 0.4) is 0 Å².